The van der Waals surface area contributed by atoms with Crippen molar-refractivity contribution in [2.75, 3.05) is 17.2 Å². The smallest absolute Gasteiger partial charge is 0.270 e. The maximum atomic E-state index is 11.0. The fourth-order valence-electron chi connectivity index (χ4n) is 2.40. The normalized spacial score (nSPS) is 10.4. The van der Waals surface area contributed by atoms with E-state index in [4.69, 9.17) is 0 Å². The van der Waals surface area contributed by atoms with Gasteiger partial charge in [-0.1, -0.05) is 18.2 Å². The molecule has 2 aromatic rings. The van der Waals surface area contributed by atoms with E-state index in [9.17, 15) is 10.1 Å². The Kier molecular flexibility index (Phi) is 6.22. The first-order valence-corrected chi connectivity index (χ1v) is 7.88. The largest absolute Gasteiger partial charge is 0.366 e. The Morgan fingerprint density at radius 3 is 2.48 bits per heavy atom. The number of anilines is 2. The zero-order valence-corrected chi connectivity index (χ0v) is 13.9. The first-order valence-electron chi connectivity index (χ1n) is 7.88. The molecule has 7 heteroatoms. The van der Waals surface area contributed by atoms with Crippen LogP contribution in [0.3, 0.4) is 0 Å². The van der Waals surface area contributed by atoms with Crippen LogP contribution in [0, 0.1) is 10.1 Å². The second-order valence-electron chi connectivity index (χ2n) is 5.41. The van der Waals surface area contributed by atoms with Crippen molar-refractivity contribution < 1.29 is 4.92 Å². The number of nitrogens with one attached hydrogen (secondary N) is 2. The van der Waals surface area contributed by atoms with Crippen molar-refractivity contribution in [3.05, 3.63) is 66.3 Å². The Hall–Kier alpha value is -3.22. The molecule has 2 N–H and O–H groups in total. The van der Waals surface area contributed by atoms with E-state index in [1.54, 1.807) is 12.1 Å². The van der Waals surface area contributed by atoms with Gasteiger partial charge in [0.1, 0.15) is 5.82 Å². The van der Waals surface area contributed by atoms with Crippen molar-refractivity contribution in [1.29, 1.82) is 0 Å². The number of nitrogens with zero attached hydrogens (tertiary/aromatic N) is 3. The van der Waals surface area contributed by atoms with Crippen molar-refractivity contribution in [2.24, 2.45) is 0 Å². The van der Waals surface area contributed by atoms with E-state index >= 15 is 0 Å². The second kappa shape index (κ2) is 8.58. The lowest BCUT2D eigenvalue weighted by Gasteiger charge is -2.17. The van der Waals surface area contributed by atoms with Crippen LogP contribution in [-0.4, -0.2) is 27.5 Å². The predicted molar refractivity (Wildman–Crippen MR) is 102 cm³/mol. The molecule has 0 radical (unpaired) electrons. The summed E-state index contributed by atoms with van der Waals surface area (Å²) in [5, 5.41) is 18.0. The molecular formula is C18H21N5O2. The molecule has 0 aliphatic rings. The lowest BCUT2D eigenvalue weighted by atomic mass is 10.1. The van der Waals surface area contributed by atoms with Gasteiger partial charge in [0.25, 0.3) is 5.69 Å². The summed E-state index contributed by atoms with van der Waals surface area (Å²) in [7, 11) is 0. The van der Waals surface area contributed by atoms with Crippen LogP contribution in [0.25, 0.3) is 10.9 Å². The Morgan fingerprint density at radius 1 is 1.16 bits per heavy atom. The topological polar surface area (TPSA) is 93.0 Å². The van der Waals surface area contributed by atoms with Gasteiger partial charge in [0.2, 0.25) is 5.95 Å². The van der Waals surface area contributed by atoms with Crippen molar-refractivity contribution >= 4 is 28.4 Å². The molecule has 0 aliphatic heterocycles. The third-order valence-corrected chi connectivity index (χ3v) is 3.54. The molecule has 2 rings (SSSR count). The molecule has 0 unspecified atom stereocenters. The SMILES string of the molecule is C=CCNc1nc(NC(CC=C)CC=C)nc2ccc([N+](=O)[O-])cc12. The predicted octanol–water partition coefficient (Wildman–Crippen LogP) is 4.07. The number of hydrogen-bond acceptors (Lipinski definition) is 6. The molecule has 7 nitrogen and oxygen atoms in total. The van der Waals surface area contributed by atoms with E-state index in [-0.39, 0.29) is 11.7 Å². The van der Waals surface area contributed by atoms with Gasteiger partial charge in [0, 0.05) is 30.1 Å². The quantitative estimate of drug-likeness (QED) is 0.385. The molecule has 0 aliphatic carbocycles. The fraction of sp³-hybridized carbons (Fsp3) is 0.222. The van der Waals surface area contributed by atoms with Gasteiger partial charge in [-0.05, 0) is 18.9 Å². The third-order valence-electron chi connectivity index (χ3n) is 3.54. The van der Waals surface area contributed by atoms with Crippen molar-refractivity contribution in [3.63, 3.8) is 0 Å². The van der Waals surface area contributed by atoms with Gasteiger partial charge in [-0.25, -0.2) is 4.98 Å². The number of non-ortho nitro benzene ring substituents is 1. The van der Waals surface area contributed by atoms with E-state index < -0.39 is 4.92 Å². The van der Waals surface area contributed by atoms with Crippen molar-refractivity contribution in [3.8, 4) is 0 Å². The lowest BCUT2D eigenvalue weighted by molar-refractivity contribution is -0.384. The third kappa shape index (κ3) is 4.63. The summed E-state index contributed by atoms with van der Waals surface area (Å²) in [6.45, 7) is 11.7. The first kappa shape index (κ1) is 18.1. The lowest BCUT2D eigenvalue weighted by Crippen LogP contribution is -2.20. The Labute approximate surface area is 146 Å². The van der Waals surface area contributed by atoms with E-state index in [0.29, 0.717) is 29.2 Å². The van der Waals surface area contributed by atoms with Crippen LogP contribution < -0.4 is 10.6 Å². The van der Waals surface area contributed by atoms with Crippen molar-refractivity contribution in [1.82, 2.24) is 9.97 Å². The minimum absolute atomic E-state index is 0.00495. The van der Waals surface area contributed by atoms with Gasteiger partial charge in [0.15, 0.2) is 0 Å². The molecule has 1 aromatic carbocycles. The summed E-state index contributed by atoms with van der Waals surface area (Å²) in [5.41, 5.74) is 0.611. The van der Waals surface area contributed by atoms with Crippen LogP contribution in [0.15, 0.2) is 56.2 Å². The monoisotopic (exact) mass is 339 g/mol. The molecule has 25 heavy (non-hydrogen) atoms. The summed E-state index contributed by atoms with van der Waals surface area (Å²) < 4.78 is 0. The van der Waals surface area contributed by atoms with Crippen LogP contribution in [0.5, 0.6) is 0 Å². The molecule has 0 atom stereocenters. The minimum atomic E-state index is -0.437. The maximum Gasteiger partial charge on any atom is 0.270 e. The van der Waals surface area contributed by atoms with Crippen LogP contribution in [0.4, 0.5) is 17.5 Å². The van der Waals surface area contributed by atoms with E-state index in [0.717, 1.165) is 12.8 Å². The Balaban J connectivity index is 2.46. The molecule has 1 aromatic heterocycles. The number of hydrogen-bond donors (Lipinski definition) is 2. The van der Waals surface area contributed by atoms with Crippen molar-refractivity contribution in [2.45, 2.75) is 18.9 Å². The highest BCUT2D eigenvalue weighted by molar-refractivity contribution is 5.91. The van der Waals surface area contributed by atoms with Crippen LogP contribution in [0.2, 0.25) is 0 Å². The average molecular weight is 339 g/mol. The highest BCUT2D eigenvalue weighted by atomic mass is 16.6. The molecule has 0 saturated heterocycles. The number of benzene rings is 1. The summed E-state index contributed by atoms with van der Waals surface area (Å²) in [6, 6.07) is 4.60. The van der Waals surface area contributed by atoms with E-state index in [2.05, 4.69) is 40.3 Å². The average Bonchev–Trinajstić information content (AvgIpc) is 2.59. The number of rotatable bonds is 10. The molecule has 0 bridgehead atoms. The zero-order valence-electron chi connectivity index (χ0n) is 13.9. The van der Waals surface area contributed by atoms with Crippen LogP contribution in [0.1, 0.15) is 12.8 Å². The Bertz CT molecular complexity index is 793. The summed E-state index contributed by atoms with van der Waals surface area (Å²) in [5.74, 6) is 0.966. The summed E-state index contributed by atoms with van der Waals surface area (Å²) in [4.78, 5) is 19.5. The molecule has 0 fully saturated rings. The highest BCUT2D eigenvalue weighted by Crippen LogP contribution is 2.26. The van der Waals surface area contributed by atoms with E-state index in [1.165, 1.54) is 12.1 Å². The first-order chi connectivity index (χ1) is 12.1. The van der Waals surface area contributed by atoms with Crippen LogP contribution in [-0.2, 0) is 0 Å². The maximum absolute atomic E-state index is 11.0. The van der Waals surface area contributed by atoms with E-state index in [1.807, 2.05) is 12.2 Å². The zero-order chi connectivity index (χ0) is 18.2. The van der Waals surface area contributed by atoms with Crippen LogP contribution >= 0.6 is 0 Å². The number of aromatic nitrogens is 2. The minimum Gasteiger partial charge on any atom is -0.366 e. The molecular weight excluding hydrogens is 318 g/mol. The van der Waals surface area contributed by atoms with Gasteiger partial charge in [-0.3, -0.25) is 10.1 Å². The molecule has 0 amide bonds. The molecule has 0 saturated carbocycles. The number of fused-ring (bicyclic) bond motifs is 1. The highest BCUT2D eigenvalue weighted by Gasteiger charge is 2.14. The summed E-state index contributed by atoms with van der Waals surface area (Å²) in [6.07, 6.45) is 6.81. The van der Waals surface area contributed by atoms with Gasteiger partial charge in [-0.2, -0.15) is 4.98 Å². The van der Waals surface area contributed by atoms with Gasteiger partial charge >= 0.3 is 0 Å². The standard InChI is InChI=1S/C18H21N5O2/c1-4-7-13(8-5-2)20-18-21-16-10-9-14(23(24)25)12-15(16)17(22-18)19-11-6-3/h4-6,9-10,12-13H,1-3,7-8,11H2,(H2,19,20,21,22). The Morgan fingerprint density at radius 2 is 1.88 bits per heavy atom. The molecule has 0 spiro atoms. The number of nitro benzene ring substituents is 1. The molecule has 1 heterocycles. The fourth-order valence-corrected chi connectivity index (χ4v) is 2.40. The van der Waals surface area contributed by atoms with Gasteiger partial charge in [-0.15, -0.1) is 19.7 Å². The summed E-state index contributed by atoms with van der Waals surface area (Å²) >= 11 is 0. The number of nitro groups is 1. The second-order valence-corrected chi connectivity index (χ2v) is 5.41. The van der Waals surface area contributed by atoms with Gasteiger partial charge < -0.3 is 10.6 Å². The van der Waals surface area contributed by atoms with Gasteiger partial charge in [0.05, 0.1) is 10.4 Å². The molecule has 130 valence electrons.